The highest BCUT2D eigenvalue weighted by Gasteiger charge is 2.48. The molecular weight excluding hydrogens is 646 g/mol. The van der Waals surface area contributed by atoms with Gasteiger partial charge in [0, 0.05) is 43.0 Å². The van der Waals surface area contributed by atoms with Crippen molar-refractivity contribution in [3.8, 4) is 17.2 Å². The maximum Gasteiger partial charge on any atom is 0.262 e. The zero-order chi connectivity index (χ0) is 35.4. The van der Waals surface area contributed by atoms with Gasteiger partial charge in [-0.15, -0.1) is 0 Å². The first-order valence-corrected chi connectivity index (χ1v) is 18.9. The van der Waals surface area contributed by atoms with Crippen LogP contribution in [0.5, 0.6) is 17.2 Å². The molecule has 0 aromatic heterocycles. The predicted octanol–water partition coefficient (Wildman–Crippen LogP) is 5.06. The molecule has 2 bridgehead atoms. The maximum atomic E-state index is 12.0. The largest absolute Gasteiger partial charge is 0.508 e. The van der Waals surface area contributed by atoms with Gasteiger partial charge >= 0.3 is 0 Å². The molecule has 4 heterocycles. The lowest BCUT2D eigenvalue weighted by Crippen LogP contribution is -2.65. The lowest BCUT2D eigenvalue weighted by atomic mass is 9.80. The van der Waals surface area contributed by atoms with Crippen molar-refractivity contribution in [2.75, 3.05) is 57.9 Å². The number of ether oxygens (including phenoxy) is 3. The van der Waals surface area contributed by atoms with Gasteiger partial charge in [-0.3, -0.25) is 4.79 Å². The van der Waals surface area contributed by atoms with E-state index in [4.69, 9.17) is 14.2 Å². The summed E-state index contributed by atoms with van der Waals surface area (Å²) in [7, 11) is 0. The van der Waals surface area contributed by atoms with Crippen LogP contribution in [-0.4, -0.2) is 90.4 Å². The Kier molecular flexibility index (Phi) is 10.9. The van der Waals surface area contributed by atoms with Crippen LogP contribution in [0, 0.1) is 11.8 Å². The van der Waals surface area contributed by atoms with Crippen LogP contribution in [0.25, 0.3) is 0 Å². The number of nitrogens with zero attached hydrogens (tertiary/aromatic N) is 1. The Labute approximate surface area is 301 Å². The van der Waals surface area contributed by atoms with Gasteiger partial charge in [-0.25, -0.2) is 0 Å². The Morgan fingerprint density at radius 2 is 1.78 bits per heavy atom. The van der Waals surface area contributed by atoms with Crippen molar-refractivity contribution < 1.29 is 38.8 Å². The van der Waals surface area contributed by atoms with E-state index >= 15 is 0 Å². The number of benzene rings is 3. The highest BCUT2D eigenvalue weighted by Crippen LogP contribution is 2.43. The lowest BCUT2D eigenvalue weighted by Gasteiger charge is -2.52. The smallest absolute Gasteiger partial charge is 0.262 e. The zero-order valence-corrected chi connectivity index (χ0v) is 29.8. The minimum Gasteiger partial charge on any atom is -0.508 e. The Balaban J connectivity index is 0.872. The van der Waals surface area contributed by atoms with E-state index < -0.39 is 11.7 Å². The first-order chi connectivity index (χ1) is 24.7. The summed E-state index contributed by atoms with van der Waals surface area (Å²) in [6.45, 7) is 7.48. The lowest BCUT2D eigenvalue weighted by molar-refractivity contribution is -0.946. The van der Waals surface area contributed by atoms with Crippen molar-refractivity contribution >= 4 is 11.6 Å². The third-order valence-electron chi connectivity index (χ3n) is 11.9. The number of hydrogen-bond acceptors (Lipinski definition) is 8. The number of fused-ring (bicyclic) bond motifs is 4. The van der Waals surface area contributed by atoms with Crippen LogP contribution in [0.4, 0.5) is 5.69 Å². The van der Waals surface area contributed by atoms with Crippen molar-refractivity contribution in [2.45, 2.75) is 75.7 Å². The number of hydrogen-bond donors (Lipinski definition) is 5. The van der Waals surface area contributed by atoms with Crippen LogP contribution in [0.2, 0.25) is 0 Å². The number of aliphatic hydroxyl groups is 2. The molecule has 10 nitrogen and oxygen atoms in total. The van der Waals surface area contributed by atoms with E-state index in [0.717, 1.165) is 79.6 Å². The van der Waals surface area contributed by atoms with Gasteiger partial charge < -0.3 is 44.6 Å². The van der Waals surface area contributed by atoms with Crippen LogP contribution in [0.3, 0.4) is 0 Å². The van der Waals surface area contributed by atoms with E-state index in [1.54, 1.807) is 0 Å². The van der Waals surface area contributed by atoms with E-state index in [9.17, 15) is 20.1 Å². The topological polar surface area (TPSA) is 130 Å². The second kappa shape index (κ2) is 15.5. The van der Waals surface area contributed by atoms with Crippen molar-refractivity contribution in [1.29, 1.82) is 0 Å². The molecule has 3 saturated heterocycles. The molecule has 1 amide bonds. The van der Waals surface area contributed by atoms with Gasteiger partial charge in [0.15, 0.2) is 6.61 Å². The number of phenolic OH excluding ortho intramolecular Hbond substituents is 1. The molecular formula is C41H54N3O7+. The Morgan fingerprint density at radius 1 is 1.04 bits per heavy atom. The van der Waals surface area contributed by atoms with Crippen LogP contribution in [0.15, 0.2) is 66.7 Å². The summed E-state index contributed by atoms with van der Waals surface area (Å²) in [5, 5.41) is 39.1. The molecule has 5 aliphatic rings. The molecule has 1 saturated carbocycles. The van der Waals surface area contributed by atoms with E-state index in [0.29, 0.717) is 36.1 Å². The number of phenols is 1. The number of piperidine rings is 3. The van der Waals surface area contributed by atoms with E-state index in [1.165, 1.54) is 25.0 Å². The average molecular weight is 701 g/mol. The fourth-order valence-corrected chi connectivity index (χ4v) is 8.91. The summed E-state index contributed by atoms with van der Waals surface area (Å²) in [6, 6.07) is 21.4. The molecule has 3 aromatic carbocycles. The van der Waals surface area contributed by atoms with Gasteiger partial charge in [-0.05, 0) is 61.4 Å². The quantitative estimate of drug-likeness (QED) is 0.139. The number of anilines is 1. The van der Waals surface area contributed by atoms with Crippen LogP contribution < -0.4 is 20.1 Å². The number of carbonyl (C=O) groups excluding carboxylic acids is 1. The van der Waals surface area contributed by atoms with Gasteiger partial charge in [0.05, 0.1) is 31.5 Å². The third kappa shape index (κ3) is 8.21. The molecule has 274 valence electrons. The zero-order valence-electron chi connectivity index (χ0n) is 29.8. The first kappa shape index (κ1) is 35.7. The Morgan fingerprint density at radius 3 is 2.53 bits per heavy atom. The number of aromatic hydroxyl groups is 1. The van der Waals surface area contributed by atoms with Crippen molar-refractivity contribution in [3.05, 3.63) is 83.4 Å². The molecule has 4 aliphatic heterocycles. The molecule has 1 unspecified atom stereocenters. The van der Waals surface area contributed by atoms with Gasteiger partial charge in [-0.1, -0.05) is 55.3 Å². The third-order valence-corrected chi connectivity index (χ3v) is 11.9. The number of aliphatic hydroxyl groups excluding tert-OH is 1. The predicted molar refractivity (Wildman–Crippen MR) is 195 cm³/mol. The van der Waals surface area contributed by atoms with Crippen LogP contribution in [-0.2, 0) is 21.6 Å². The number of amides is 1. The van der Waals surface area contributed by atoms with Crippen LogP contribution >= 0.6 is 0 Å². The normalized spacial score (nSPS) is 25.4. The number of nitrogens with one attached hydrogen (secondary N) is 2. The molecule has 8 rings (SSSR count). The van der Waals surface area contributed by atoms with Gasteiger partial charge in [0.25, 0.3) is 5.91 Å². The van der Waals surface area contributed by atoms with Gasteiger partial charge in [-0.2, -0.15) is 0 Å². The summed E-state index contributed by atoms with van der Waals surface area (Å²) in [5.74, 6) is 1.72. The summed E-state index contributed by atoms with van der Waals surface area (Å²) in [5.41, 5.74) is 2.01. The van der Waals surface area contributed by atoms with Crippen molar-refractivity contribution in [1.82, 2.24) is 5.32 Å². The fourth-order valence-electron chi connectivity index (χ4n) is 8.91. The molecule has 0 spiro atoms. The second-order valence-electron chi connectivity index (χ2n) is 15.4. The molecule has 0 radical (unpaired) electrons. The number of quaternary nitrogens is 1. The molecule has 51 heavy (non-hydrogen) atoms. The van der Waals surface area contributed by atoms with E-state index in [1.807, 2.05) is 30.3 Å². The molecule has 5 N–H and O–H groups in total. The molecule has 1 aliphatic carbocycles. The second-order valence-corrected chi connectivity index (χ2v) is 15.4. The molecule has 10 heteroatoms. The maximum absolute atomic E-state index is 12.0. The number of carbonyl (C=O) groups is 1. The summed E-state index contributed by atoms with van der Waals surface area (Å²) in [6.07, 6.45) is 6.82. The monoisotopic (exact) mass is 700 g/mol. The average Bonchev–Trinajstić information content (AvgIpc) is 3.70. The number of rotatable bonds is 15. The highest BCUT2D eigenvalue weighted by atomic mass is 16.5. The SMILES string of the molecule is C[C@@H](Cc1ccc(OCC[N+]23CCC(CC2)[C@@H](OCC(O)(c2ccccc2)C2CCCC2)C3)cc1)NC[C@H](O)c1cc(O)cc2c1OCC(=O)N2. The minimum atomic E-state index is -0.928. The molecule has 4 atom stereocenters. The van der Waals surface area contributed by atoms with Crippen LogP contribution in [0.1, 0.15) is 68.2 Å². The Bertz CT molecular complexity index is 1620. The van der Waals surface area contributed by atoms with Gasteiger partial charge in [0.2, 0.25) is 0 Å². The Hall–Kier alpha value is -3.67. The molecule has 3 aromatic rings. The minimum absolute atomic E-state index is 0.0468. The van der Waals surface area contributed by atoms with E-state index in [2.05, 4.69) is 41.8 Å². The fraction of sp³-hybridized carbons (Fsp3) is 0.537. The summed E-state index contributed by atoms with van der Waals surface area (Å²) < 4.78 is 19.6. The first-order valence-electron chi connectivity index (χ1n) is 18.9. The van der Waals surface area contributed by atoms with Gasteiger partial charge in [0.1, 0.15) is 48.6 Å². The molecule has 4 fully saturated rings. The van der Waals surface area contributed by atoms with E-state index in [-0.39, 0.29) is 42.9 Å². The standard InChI is InChI=1S/C41H53N3O7/c1-28(42-24-37(46)35-22-33(45)23-36-40(35)50-26-39(47)43-36)21-29-11-13-34(14-12-29)49-20-19-44-17-15-30(16-18-44)38(25-44)51-27-41(48,32-9-5-6-10-32)31-7-3-2-4-8-31/h2-4,7-8,11-14,22-23,28,30,32,37-38,42,46,48H,5-6,9-10,15-21,24-27H2,1H3,(H-,43,45,47)/p+1/t28-,30?,37-,38-,41?,44?/m0/s1. The van der Waals surface area contributed by atoms with Crippen molar-refractivity contribution in [2.24, 2.45) is 11.8 Å². The van der Waals surface area contributed by atoms with Crippen molar-refractivity contribution in [3.63, 3.8) is 0 Å². The summed E-state index contributed by atoms with van der Waals surface area (Å²) >= 11 is 0. The summed E-state index contributed by atoms with van der Waals surface area (Å²) in [4.78, 5) is 11.7. The highest BCUT2D eigenvalue weighted by molar-refractivity contribution is 5.96.